The molecule has 0 spiro atoms. The predicted octanol–water partition coefficient (Wildman–Crippen LogP) is 5.88. The van der Waals surface area contributed by atoms with Crippen LogP contribution in [-0.4, -0.2) is 16.4 Å². The van der Waals surface area contributed by atoms with Gasteiger partial charge in [-0.25, -0.2) is 0 Å². The molecule has 0 fully saturated rings. The third kappa shape index (κ3) is 3.98. The van der Waals surface area contributed by atoms with Gasteiger partial charge in [0.05, 0.1) is 10.0 Å². The Bertz CT molecular complexity index is 902. The maximum atomic E-state index is 11.7. The Balaban J connectivity index is 1.92. The smallest absolute Gasteiger partial charge is 0.242 e. The molecule has 25 heavy (non-hydrogen) atoms. The number of hydrogen-bond donors (Lipinski definition) is 1. The lowest BCUT2D eigenvalue weighted by molar-refractivity contribution is -0.115. The lowest BCUT2D eigenvalue weighted by Gasteiger charge is -2.07. The van der Waals surface area contributed by atoms with E-state index in [0.29, 0.717) is 32.8 Å². The number of carbonyl (C=O) groups is 1. The van der Waals surface area contributed by atoms with E-state index < -0.39 is 5.38 Å². The summed E-state index contributed by atoms with van der Waals surface area (Å²) >= 11 is 18.2. The van der Waals surface area contributed by atoms with Crippen molar-refractivity contribution in [3.05, 3.63) is 58.6 Å². The highest BCUT2D eigenvalue weighted by Gasteiger charge is 2.15. The molecule has 0 aliphatic carbocycles. The molecule has 0 aliphatic rings. The number of nitrogens with one attached hydrogen (secondary N) is 1. The molecule has 1 N–H and O–H groups in total. The van der Waals surface area contributed by atoms with E-state index in [0.717, 1.165) is 5.56 Å². The summed E-state index contributed by atoms with van der Waals surface area (Å²) in [5, 5.41) is 7.14. The van der Waals surface area contributed by atoms with Crippen LogP contribution in [0.15, 0.2) is 53.1 Å². The molecule has 0 saturated carbocycles. The minimum absolute atomic E-state index is 0.278. The van der Waals surface area contributed by atoms with Gasteiger partial charge in [0.1, 0.15) is 11.1 Å². The second-order valence-corrected chi connectivity index (χ2v) is 6.83. The molecule has 3 aromatic rings. The van der Waals surface area contributed by atoms with Crippen molar-refractivity contribution in [2.24, 2.45) is 0 Å². The summed E-state index contributed by atoms with van der Waals surface area (Å²) in [6.45, 7) is 1.61. The average Bonchev–Trinajstić information content (AvgIpc) is 3.04. The van der Waals surface area contributed by atoms with Crippen LogP contribution in [0.2, 0.25) is 10.0 Å². The van der Waals surface area contributed by atoms with Crippen LogP contribution in [0.3, 0.4) is 0 Å². The van der Waals surface area contributed by atoms with Crippen LogP contribution in [0.1, 0.15) is 6.92 Å². The predicted molar refractivity (Wildman–Crippen MR) is 101 cm³/mol. The molecule has 2 aromatic carbocycles. The monoisotopic (exact) mass is 394 g/mol. The highest BCUT2D eigenvalue weighted by atomic mass is 35.5. The molecule has 1 heterocycles. The van der Waals surface area contributed by atoms with Gasteiger partial charge in [0.25, 0.3) is 0 Å². The molecule has 0 bridgehead atoms. The summed E-state index contributed by atoms with van der Waals surface area (Å²) in [5.74, 6) is 0.251. The SMILES string of the molecule is CC(Cl)C(=O)Nc1cccc(-c2cc(-c3c(Cl)cccc3Cl)no2)c1. The van der Waals surface area contributed by atoms with Crippen LogP contribution >= 0.6 is 34.8 Å². The number of nitrogens with zero attached hydrogens (tertiary/aromatic N) is 1. The van der Waals surface area contributed by atoms with Crippen molar-refractivity contribution in [2.45, 2.75) is 12.3 Å². The summed E-state index contributed by atoms with van der Waals surface area (Å²) in [4.78, 5) is 11.7. The van der Waals surface area contributed by atoms with E-state index >= 15 is 0 Å². The zero-order chi connectivity index (χ0) is 18.0. The molecular weight excluding hydrogens is 383 g/mol. The summed E-state index contributed by atoms with van der Waals surface area (Å²) in [6, 6.07) is 14.2. The van der Waals surface area contributed by atoms with E-state index in [-0.39, 0.29) is 5.91 Å². The van der Waals surface area contributed by atoms with E-state index in [9.17, 15) is 4.79 Å². The number of amides is 1. The van der Waals surface area contributed by atoms with E-state index in [1.54, 1.807) is 49.4 Å². The highest BCUT2D eigenvalue weighted by Crippen LogP contribution is 2.36. The first-order chi connectivity index (χ1) is 12.0. The van der Waals surface area contributed by atoms with Crippen molar-refractivity contribution < 1.29 is 9.32 Å². The first kappa shape index (κ1) is 17.8. The summed E-state index contributed by atoms with van der Waals surface area (Å²) in [6.07, 6.45) is 0. The first-order valence-electron chi connectivity index (χ1n) is 7.42. The highest BCUT2D eigenvalue weighted by molar-refractivity contribution is 6.39. The zero-order valence-corrected chi connectivity index (χ0v) is 15.4. The third-order valence-corrected chi connectivity index (χ3v) is 4.33. The van der Waals surface area contributed by atoms with Crippen molar-refractivity contribution in [1.82, 2.24) is 5.16 Å². The molecule has 0 saturated heterocycles. The van der Waals surface area contributed by atoms with Gasteiger partial charge in [-0.3, -0.25) is 4.79 Å². The fourth-order valence-corrected chi connectivity index (χ4v) is 2.91. The second kappa shape index (κ2) is 7.48. The number of alkyl halides is 1. The number of hydrogen-bond acceptors (Lipinski definition) is 3. The average molecular weight is 396 g/mol. The molecular formula is C18H13Cl3N2O2. The molecule has 4 nitrogen and oxygen atoms in total. The van der Waals surface area contributed by atoms with Gasteiger partial charge in [-0.15, -0.1) is 11.6 Å². The molecule has 1 amide bonds. The zero-order valence-electron chi connectivity index (χ0n) is 13.1. The summed E-state index contributed by atoms with van der Waals surface area (Å²) in [5.41, 5.74) is 2.52. The van der Waals surface area contributed by atoms with Gasteiger partial charge in [-0.2, -0.15) is 0 Å². The van der Waals surface area contributed by atoms with E-state index in [1.807, 2.05) is 6.07 Å². The normalized spacial score (nSPS) is 12.0. The Morgan fingerprint density at radius 1 is 1.12 bits per heavy atom. The van der Waals surface area contributed by atoms with E-state index in [2.05, 4.69) is 10.5 Å². The lowest BCUT2D eigenvalue weighted by Crippen LogP contribution is -2.20. The Morgan fingerprint density at radius 3 is 2.48 bits per heavy atom. The Morgan fingerprint density at radius 2 is 1.80 bits per heavy atom. The standard InChI is InChI=1S/C18H13Cl3N2O2/c1-10(19)18(24)22-12-5-2-4-11(8-12)16-9-15(23-25-16)17-13(20)6-3-7-14(17)21/h2-10H,1H3,(H,22,24). The molecule has 1 atom stereocenters. The van der Waals surface area contributed by atoms with Gasteiger partial charge in [0, 0.05) is 22.9 Å². The minimum atomic E-state index is -0.622. The Kier molecular flexibility index (Phi) is 5.33. The molecule has 1 unspecified atom stereocenters. The van der Waals surface area contributed by atoms with Crippen molar-refractivity contribution in [3.8, 4) is 22.6 Å². The topological polar surface area (TPSA) is 55.1 Å². The van der Waals surface area contributed by atoms with Crippen LogP contribution in [0, 0.1) is 0 Å². The molecule has 0 radical (unpaired) electrons. The lowest BCUT2D eigenvalue weighted by atomic mass is 10.1. The summed E-state index contributed by atoms with van der Waals surface area (Å²) < 4.78 is 5.42. The molecule has 7 heteroatoms. The van der Waals surface area contributed by atoms with Crippen LogP contribution in [-0.2, 0) is 4.79 Å². The van der Waals surface area contributed by atoms with Gasteiger partial charge in [0.15, 0.2) is 5.76 Å². The maximum absolute atomic E-state index is 11.7. The van der Waals surface area contributed by atoms with Crippen LogP contribution in [0.4, 0.5) is 5.69 Å². The van der Waals surface area contributed by atoms with Crippen molar-refractivity contribution in [1.29, 1.82) is 0 Å². The molecule has 0 aliphatic heterocycles. The molecule has 3 rings (SSSR count). The van der Waals surface area contributed by atoms with Gasteiger partial charge in [-0.05, 0) is 31.2 Å². The molecule has 128 valence electrons. The Hall–Kier alpha value is -2.01. The fraction of sp³-hybridized carbons (Fsp3) is 0.111. The second-order valence-electron chi connectivity index (χ2n) is 5.36. The first-order valence-corrected chi connectivity index (χ1v) is 8.61. The van der Waals surface area contributed by atoms with Crippen molar-refractivity contribution in [3.63, 3.8) is 0 Å². The van der Waals surface area contributed by atoms with Crippen LogP contribution in [0.25, 0.3) is 22.6 Å². The van der Waals surface area contributed by atoms with Crippen LogP contribution in [0.5, 0.6) is 0 Å². The number of benzene rings is 2. The number of halogens is 3. The van der Waals surface area contributed by atoms with Crippen molar-refractivity contribution >= 4 is 46.4 Å². The van der Waals surface area contributed by atoms with Gasteiger partial charge in [-0.1, -0.05) is 46.6 Å². The quantitative estimate of drug-likeness (QED) is 0.561. The summed E-state index contributed by atoms with van der Waals surface area (Å²) in [7, 11) is 0. The van der Waals surface area contributed by atoms with E-state index in [1.165, 1.54) is 0 Å². The number of aromatic nitrogens is 1. The van der Waals surface area contributed by atoms with Gasteiger partial charge >= 0.3 is 0 Å². The molecule has 1 aromatic heterocycles. The van der Waals surface area contributed by atoms with E-state index in [4.69, 9.17) is 39.3 Å². The number of anilines is 1. The third-order valence-electron chi connectivity index (χ3n) is 3.50. The fourth-order valence-electron chi connectivity index (χ4n) is 2.26. The number of carbonyl (C=O) groups excluding carboxylic acids is 1. The Labute approximate surface area is 159 Å². The number of rotatable bonds is 4. The van der Waals surface area contributed by atoms with Crippen molar-refractivity contribution in [2.75, 3.05) is 5.32 Å². The largest absolute Gasteiger partial charge is 0.356 e. The van der Waals surface area contributed by atoms with Crippen LogP contribution < -0.4 is 5.32 Å². The minimum Gasteiger partial charge on any atom is -0.356 e. The van der Waals surface area contributed by atoms with Gasteiger partial charge in [0.2, 0.25) is 5.91 Å². The maximum Gasteiger partial charge on any atom is 0.242 e. The van der Waals surface area contributed by atoms with Gasteiger partial charge < -0.3 is 9.84 Å².